The van der Waals surface area contributed by atoms with E-state index in [1.807, 2.05) is 60.7 Å². The van der Waals surface area contributed by atoms with Crippen molar-refractivity contribution in [2.75, 3.05) is 0 Å². The summed E-state index contributed by atoms with van der Waals surface area (Å²) in [5, 5.41) is 21.7. The van der Waals surface area contributed by atoms with Gasteiger partial charge in [0.15, 0.2) is 0 Å². The van der Waals surface area contributed by atoms with E-state index in [9.17, 15) is 15.0 Å². The van der Waals surface area contributed by atoms with Crippen molar-refractivity contribution in [3.63, 3.8) is 0 Å². The van der Waals surface area contributed by atoms with Gasteiger partial charge in [-0.25, -0.2) is 4.79 Å². The van der Waals surface area contributed by atoms with Crippen LogP contribution in [-0.4, -0.2) is 25.7 Å². The van der Waals surface area contributed by atoms with E-state index in [0.717, 1.165) is 11.1 Å². The molecule has 4 heteroatoms. The molecule has 0 aliphatic rings. The molecule has 0 fully saturated rings. The van der Waals surface area contributed by atoms with Crippen LogP contribution in [0, 0.1) is 0 Å². The highest BCUT2D eigenvalue weighted by atomic mass is 28.2. The smallest absolute Gasteiger partial charge is 0.335 e. The normalized spacial score (nSPS) is 11.4. The molecule has 0 aromatic heterocycles. The standard InChI is InChI=1S/C23H22O3Si/c1-23(2,3)27-21-18(22(25)26)14-17(15-10-6-4-7-11-15)20(24)19(21)16-12-8-5-9-13-16/h4-14,24H,1-3H3,(H,25,26). The summed E-state index contributed by atoms with van der Waals surface area (Å²) < 4.78 is 0. The van der Waals surface area contributed by atoms with Gasteiger partial charge in [-0.05, 0) is 27.4 Å². The molecule has 27 heavy (non-hydrogen) atoms. The van der Waals surface area contributed by atoms with Crippen LogP contribution < -0.4 is 5.19 Å². The van der Waals surface area contributed by atoms with Gasteiger partial charge in [0.2, 0.25) is 0 Å². The highest BCUT2D eigenvalue weighted by Crippen LogP contribution is 2.39. The SMILES string of the molecule is CC(C)(C)[Si]c1c(C(=O)O)cc(-c2ccccc2)c(O)c1-c1ccccc1. The van der Waals surface area contributed by atoms with Crippen LogP contribution in [0.15, 0.2) is 66.7 Å². The topological polar surface area (TPSA) is 57.5 Å². The maximum atomic E-state index is 12.1. The molecule has 0 heterocycles. The van der Waals surface area contributed by atoms with E-state index in [1.165, 1.54) is 0 Å². The number of carbonyl (C=O) groups is 1. The average Bonchev–Trinajstić information content (AvgIpc) is 2.62. The number of phenolic OH excluding ortho intramolecular Hbond substituents is 1. The Kier molecular flexibility index (Phi) is 5.19. The number of hydrogen-bond acceptors (Lipinski definition) is 2. The van der Waals surface area contributed by atoms with Crippen LogP contribution in [0.1, 0.15) is 31.1 Å². The number of aromatic carboxylic acids is 1. The van der Waals surface area contributed by atoms with E-state index in [1.54, 1.807) is 6.07 Å². The predicted molar refractivity (Wildman–Crippen MR) is 111 cm³/mol. The van der Waals surface area contributed by atoms with Gasteiger partial charge in [-0.2, -0.15) is 0 Å². The minimum Gasteiger partial charge on any atom is -0.507 e. The third kappa shape index (κ3) is 4.12. The molecule has 0 saturated heterocycles. The van der Waals surface area contributed by atoms with Gasteiger partial charge in [0.25, 0.3) is 0 Å². The summed E-state index contributed by atoms with van der Waals surface area (Å²) in [5.41, 5.74) is 3.01. The number of carboxylic acid groups (broad SMARTS) is 1. The Labute approximate surface area is 162 Å². The van der Waals surface area contributed by atoms with Gasteiger partial charge in [0.1, 0.15) is 5.75 Å². The van der Waals surface area contributed by atoms with Gasteiger partial charge < -0.3 is 10.2 Å². The Bertz CT molecular complexity index is 958. The molecule has 136 valence electrons. The minimum absolute atomic E-state index is 0.103. The maximum absolute atomic E-state index is 12.1. The van der Waals surface area contributed by atoms with Crippen molar-refractivity contribution in [1.82, 2.24) is 0 Å². The number of phenols is 1. The molecular formula is C23H22O3Si. The number of carboxylic acids is 1. The van der Waals surface area contributed by atoms with E-state index < -0.39 is 5.97 Å². The van der Waals surface area contributed by atoms with Gasteiger partial charge in [-0.1, -0.05) is 81.4 Å². The lowest BCUT2D eigenvalue weighted by atomic mass is 9.94. The van der Waals surface area contributed by atoms with Gasteiger partial charge >= 0.3 is 5.97 Å². The largest absolute Gasteiger partial charge is 0.507 e. The molecule has 3 aromatic rings. The van der Waals surface area contributed by atoms with E-state index in [4.69, 9.17) is 0 Å². The van der Waals surface area contributed by atoms with Crippen molar-refractivity contribution in [1.29, 1.82) is 0 Å². The van der Waals surface area contributed by atoms with Crippen LogP contribution in [0.5, 0.6) is 5.75 Å². The summed E-state index contributed by atoms with van der Waals surface area (Å²) in [5.74, 6) is -0.847. The molecule has 0 spiro atoms. The number of rotatable bonds is 4. The van der Waals surface area contributed by atoms with Crippen LogP contribution in [0.25, 0.3) is 22.3 Å². The van der Waals surface area contributed by atoms with Crippen molar-refractivity contribution in [3.05, 3.63) is 72.3 Å². The first-order valence-corrected chi connectivity index (χ1v) is 9.80. The zero-order chi connectivity index (χ0) is 19.6. The molecular weight excluding hydrogens is 352 g/mol. The molecule has 2 N–H and O–H groups in total. The monoisotopic (exact) mass is 374 g/mol. The van der Waals surface area contributed by atoms with Crippen molar-refractivity contribution in [3.8, 4) is 28.0 Å². The van der Waals surface area contributed by atoms with Crippen molar-refractivity contribution < 1.29 is 15.0 Å². The molecule has 0 bridgehead atoms. The summed E-state index contributed by atoms with van der Waals surface area (Å²) in [7, 11) is 0.239. The van der Waals surface area contributed by atoms with E-state index in [2.05, 4.69) is 20.8 Å². The number of hydrogen-bond donors (Lipinski definition) is 2. The van der Waals surface area contributed by atoms with Gasteiger partial charge in [0, 0.05) is 11.1 Å². The second-order valence-corrected chi connectivity index (χ2v) is 9.73. The lowest BCUT2D eigenvalue weighted by Crippen LogP contribution is -2.31. The minimum atomic E-state index is -0.976. The van der Waals surface area contributed by atoms with Crippen molar-refractivity contribution in [2.45, 2.75) is 25.8 Å². The third-order valence-electron chi connectivity index (χ3n) is 4.18. The molecule has 3 aromatic carbocycles. The summed E-state index contributed by atoms with van der Waals surface area (Å²) in [6, 6.07) is 20.5. The summed E-state index contributed by atoms with van der Waals surface area (Å²) >= 11 is 0. The van der Waals surface area contributed by atoms with Gasteiger partial charge in [-0.15, -0.1) is 0 Å². The lowest BCUT2D eigenvalue weighted by molar-refractivity contribution is 0.0698. The Morgan fingerprint density at radius 2 is 1.41 bits per heavy atom. The summed E-state index contributed by atoms with van der Waals surface area (Å²) in [6.45, 7) is 6.23. The molecule has 2 radical (unpaired) electrons. The van der Waals surface area contributed by atoms with Crippen molar-refractivity contribution in [2.24, 2.45) is 0 Å². The van der Waals surface area contributed by atoms with E-state index in [0.29, 0.717) is 16.3 Å². The molecule has 0 saturated carbocycles. The average molecular weight is 375 g/mol. The van der Waals surface area contributed by atoms with Gasteiger partial charge in [0.05, 0.1) is 15.1 Å². The molecule has 0 amide bonds. The molecule has 0 aliphatic heterocycles. The quantitative estimate of drug-likeness (QED) is 0.634. The first-order chi connectivity index (χ1) is 12.8. The molecule has 0 unspecified atom stereocenters. The van der Waals surface area contributed by atoms with E-state index >= 15 is 0 Å². The maximum Gasteiger partial charge on any atom is 0.335 e. The fraction of sp³-hybridized carbons (Fsp3) is 0.174. The second kappa shape index (κ2) is 7.41. The van der Waals surface area contributed by atoms with Gasteiger partial charge in [-0.3, -0.25) is 0 Å². The lowest BCUT2D eigenvalue weighted by Gasteiger charge is -2.23. The zero-order valence-electron chi connectivity index (χ0n) is 15.7. The Morgan fingerprint density at radius 1 is 0.889 bits per heavy atom. The second-order valence-electron chi connectivity index (χ2n) is 7.48. The van der Waals surface area contributed by atoms with Crippen molar-refractivity contribution >= 4 is 20.7 Å². The Morgan fingerprint density at radius 3 is 1.89 bits per heavy atom. The van der Waals surface area contributed by atoms with Crippen LogP contribution in [0.2, 0.25) is 5.04 Å². The third-order valence-corrected chi connectivity index (χ3v) is 5.70. The molecule has 0 aliphatic carbocycles. The first kappa shape index (κ1) is 18.9. The Balaban J connectivity index is 2.39. The predicted octanol–water partition coefficient (Wildman–Crippen LogP) is 4.97. The summed E-state index contributed by atoms with van der Waals surface area (Å²) in [6.07, 6.45) is 0. The fourth-order valence-electron chi connectivity index (χ4n) is 3.07. The Hall–Kier alpha value is -2.85. The van der Waals surface area contributed by atoms with Crippen LogP contribution in [-0.2, 0) is 0 Å². The first-order valence-electron chi connectivity index (χ1n) is 8.80. The molecule has 3 nitrogen and oxygen atoms in total. The number of aromatic hydroxyl groups is 1. The molecule has 0 atom stereocenters. The highest BCUT2D eigenvalue weighted by Gasteiger charge is 2.26. The van der Waals surface area contributed by atoms with Crippen LogP contribution in [0.3, 0.4) is 0 Å². The summed E-state index contributed by atoms with van der Waals surface area (Å²) in [4.78, 5) is 12.1. The fourth-order valence-corrected chi connectivity index (χ4v) is 4.52. The van der Waals surface area contributed by atoms with Crippen LogP contribution in [0.4, 0.5) is 0 Å². The zero-order valence-corrected chi connectivity index (χ0v) is 16.7. The molecule has 3 rings (SSSR count). The van der Waals surface area contributed by atoms with E-state index in [-0.39, 0.29) is 25.9 Å². The number of benzene rings is 3. The highest BCUT2D eigenvalue weighted by molar-refractivity contribution is 6.60. The van der Waals surface area contributed by atoms with Crippen LogP contribution >= 0.6 is 0 Å².